The number of likely N-dealkylation sites (tertiary alicyclic amines) is 2. The summed E-state index contributed by atoms with van der Waals surface area (Å²) in [6.45, 7) is 10.3. The Labute approximate surface area is 184 Å². The molecule has 1 aliphatic carbocycles. The summed E-state index contributed by atoms with van der Waals surface area (Å²) >= 11 is 0. The maximum absolute atomic E-state index is 6.03. The van der Waals surface area contributed by atoms with Crippen molar-refractivity contribution in [3.05, 3.63) is 0 Å². The van der Waals surface area contributed by atoms with Crippen molar-refractivity contribution in [2.24, 2.45) is 10.9 Å². The summed E-state index contributed by atoms with van der Waals surface area (Å²) in [5.41, 5.74) is 0. The fraction of sp³-hybridized carbons (Fsp3) is 0.958. The third-order valence-electron chi connectivity index (χ3n) is 7.09. The maximum Gasteiger partial charge on any atom is 0.193 e. The molecule has 0 aromatic rings. The number of rotatable bonds is 10. The Kier molecular flexibility index (Phi) is 10.7. The van der Waals surface area contributed by atoms with Crippen LogP contribution in [0, 0.1) is 5.92 Å². The van der Waals surface area contributed by atoms with Gasteiger partial charge in [0.15, 0.2) is 5.96 Å². The van der Waals surface area contributed by atoms with Crippen molar-refractivity contribution >= 4 is 5.96 Å². The summed E-state index contributed by atoms with van der Waals surface area (Å²) in [6.07, 6.45) is 13.4. The van der Waals surface area contributed by atoms with Gasteiger partial charge in [0.2, 0.25) is 0 Å². The van der Waals surface area contributed by atoms with Crippen LogP contribution in [0.5, 0.6) is 0 Å². The molecule has 6 heteroatoms. The van der Waals surface area contributed by atoms with Crippen molar-refractivity contribution in [3.8, 4) is 0 Å². The number of nitrogens with zero attached hydrogens (tertiary/aromatic N) is 3. The molecule has 0 amide bonds. The van der Waals surface area contributed by atoms with E-state index in [9.17, 15) is 0 Å². The van der Waals surface area contributed by atoms with Gasteiger partial charge in [0.1, 0.15) is 0 Å². The molecular formula is C24H46N4O2. The minimum Gasteiger partial charge on any atom is -0.385 e. The van der Waals surface area contributed by atoms with Crippen molar-refractivity contribution < 1.29 is 9.47 Å². The van der Waals surface area contributed by atoms with Gasteiger partial charge < -0.3 is 19.7 Å². The van der Waals surface area contributed by atoms with Crippen LogP contribution in [0.15, 0.2) is 4.99 Å². The molecule has 1 N–H and O–H groups in total. The molecule has 3 fully saturated rings. The third kappa shape index (κ3) is 7.69. The zero-order chi connectivity index (χ0) is 21.0. The number of hydrogen-bond acceptors (Lipinski definition) is 4. The second-order valence-corrected chi connectivity index (χ2v) is 9.39. The van der Waals surface area contributed by atoms with Gasteiger partial charge in [0.25, 0.3) is 0 Å². The van der Waals surface area contributed by atoms with Crippen molar-refractivity contribution in [1.29, 1.82) is 0 Å². The summed E-state index contributed by atoms with van der Waals surface area (Å²) in [5, 5.41) is 3.55. The predicted octanol–water partition coefficient (Wildman–Crippen LogP) is 3.51. The van der Waals surface area contributed by atoms with Gasteiger partial charge in [-0.1, -0.05) is 19.3 Å². The minimum atomic E-state index is 0.391. The molecule has 1 unspecified atom stereocenters. The zero-order valence-electron chi connectivity index (χ0n) is 19.6. The van der Waals surface area contributed by atoms with Crippen LogP contribution in [0.2, 0.25) is 0 Å². The lowest BCUT2D eigenvalue weighted by atomic mass is 9.89. The Morgan fingerprint density at radius 3 is 2.50 bits per heavy atom. The van der Waals surface area contributed by atoms with Crippen LogP contribution < -0.4 is 5.32 Å². The average molecular weight is 423 g/mol. The molecule has 1 atom stereocenters. The number of nitrogens with one attached hydrogen (secondary N) is 1. The van der Waals surface area contributed by atoms with Gasteiger partial charge in [0.05, 0.1) is 12.6 Å². The number of piperidine rings is 1. The van der Waals surface area contributed by atoms with E-state index >= 15 is 0 Å². The van der Waals surface area contributed by atoms with E-state index in [2.05, 4.69) is 22.0 Å². The van der Waals surface area contributed by atoms with Crippen LogP contribution >= 0.6 is 0 Å². The Balaban J connectivity index is 1.44. The highest BCUT2D eigenvalue weighted by Gasteiger charge is 2.28. The van der Waals surface area contributed by atoms with Crippen LogP contribution in [0.4, 0.5) is 0 Å². The highest BCUT2D eigenvalue weighted by atomic mass is 16.5. The van der Waals surface area contributed by atoms with E-state index in [1.807, 2.05) is 0 Å². The Bertz CT molecular complexity index is 488. The van der Waals surface area contributed by atoms with Gasteiger partial charge in [-0.05, 0) is 64.3 Å². The number of aliphatic imine (C=N–C) groups is 1. The lowest BCUT2D eigenvalue weighted by Gasteiger charge is -2.35. The van der Waals surface area contributed by atoms with E-state index in [4.69, 9.17) is 14.5 Å². The van der Waals surface area contributed by atoms with Crippen molar-refractivity contribution in [2.75, 3.05) is 59.6 Å². The molecule has 174 valence electrons. The summed E-state index contributed by atoms with van der Waals surface area (Å²) < 4.78 is 11.1. The average Bonchev–Trinajstić information content (AvgIpc) is 3.22. The van der Waals surface area contributed by atoms with E-state index in [0.717, 1.165) is 70.5 Å². The molecule has 0 spiro atoms. The summed E-state index contributed by atoms with van der Waals surface area (Å²) in [5.74, 6) is 2.04. The fourth-order valence-electron chi connectivity index (χ4n) is 5.35. The van der Waals surface area contributed by atoms with Crippen LogP contribution in [-0.2, 0) is 9.47 Å². The van der Waals surface area contributed by atoms with Crippen LogP contribution in [0.25, 0.3) is 0 Å². The van der Waals surface area contributed by atoms with Gasteiger partial charge in [-0.3, -0.25) is 9.89 Å². The van der Waals surface area contributed by atoms with Crippen molar-refractivity contribution in [1.82, 2.24) is 15.1 Å². The standard InChI is InChI=1S/C24H46N4O2/c1-3-25-24(27-15-12-23(13-16-27)30-18-8-17-29-2)26-19-22-11-7-14-28(22)20-21-9-5-4-6-10-21/h21-23H,3-20H2,1-2H3,(H,25,26). The highest BCUT2D eigenvalue weighted by Crippen LogP contribution is 2.27. The smallest absolute Gasteiger partial charge is 0.193 e. The predicted molar refractivity (Wildman–Crippen MR) is 124 cm³/mol. The molecule has 0 aromatic heterocycles. The third-order valence-corrected chi connectivity index (χ3v) is 7.09. The second kappa shape index (κ2) is 13.5. The van der Waals surface area contributed by atoms with E-state index in [0.29, 0.717) is 12.1 Å². The first-order chi connectivity index (χ1) is 14.8. The summed E-state index contributed by atoms with van der Waals surface area (Å²) in [6, 6.07) is 0.641. The summed E-state index contributed by atoms with van der Waals surface area (Å²) in [4.78, 5) is 10.3. The number of hydrogen-bond donors (Lipinski definition) is 1. The van der Waals surface area contributed by atoms with Gasteiger partial charge >= 0.3 is 0 Å². The quantitative estimate of drug-likeness (QED) is 0.332. The maximum atomic E-state index is 6.03. The minimum absolute atomic E-state index is 0.391. The molecule has 3 aliphatic rings. The SMILES string of the molecule is CCNC(=NCC1CCCN1CC1CCCCC1)N1CCC(OCCCOC)CC1. The number of guanidine groups is 1. The lowest BCUT2D eigenvalue weighted by Crippen LogP contribution is -2.47. The van der Waals surface area contributed by atoms with Crippen LogP contribution in [0.1, 0.15) is 71.1 Å². The van der Waals surface area contributed by atoms with E-state index < -0.39 is 0 Å². The first-order valence-corrected chi connectivity index (χ1v) is 12.7. The van der Waals surface area contributed by atoms with Gasteiger partial charge in [-0.25, -0.2) is 0 Å². The molecular weight excluding hydrogens is 376 g/mol. The van der Waals surface area contributed by atoms with Crippen molar-refractivity contribution in [2.45, 2.75) is 83.3 Å². The summed E-state index contributed by atoms with van der Waals surface area (Å²) in [7, 11) is 1.75. The molecule has 30 heavy (non-hydrogen) atoms. The lowest BCUT2D eigenvalue weighted by molar-refractivity contribution is 0.00989. The topological polar surface area (TPSA) is 49.3 Å². The Hall–Kier alpha value is -0.850. The molecule has 3 rings (SSSR count). The van der Waals surface area contributed by atoms with Crippen LogP contribution in [-0.4, -0.2) is 87.5 Å². The van der Waals surface area contributed by atoms with E-state index in [1.165, 1.54) is 58.0 Å². The number of ether oxygens (including phenoxy) is 2. The fourth-order valence-corrected chi connectivity index (χ4v) is 5.35. The Morgan fingerprint density at radius 1 is 0.967 bits per heavy atom. The number of methoxy groups -OCH3 is 1. The monoisotopic (exact) mass is 422 g/mol. The van der Waals surface area contributed by atoms with Gasteiger partial charge in [-0.15, -0.1) is 0 Å². The Morgan fingerprint density at radius 2 is 1.77 bits per heavy atom. The van der Waals surface area contributed by atoms with Crippen molar-refractivity contribution in [3.63, 3.8) is 0 Å². The molecule has 0 bridgehead atoms. The van der Waals surface area contributed by atoms with Gasteiger partial charge in [0, 0.05) is 52.5 Å². The molecule has 2 aliphatic heterocycles. The molecule has 6 nitrogen and oxygen atoms in total. The highest BCUT2D eigenvalue weighted by molar-refractivity contribution is 5.80. The molecule has 2 saturated heterocycles. The van der Waals surface area contributed by atoms with Gasteiger partial charge in [-0.2, -0.15) is 0 Å². The normalized spacial score (nSPS) is 25.2. The largest absolute Gasteiger partial charge is 0.385 e. The van der Waals surface area contributed by atoms with E-state index in [-0.39, 0.29) is 0 Å². The van der Waals surface area contributed by atoms with E-state index in [1.54, 1.807) is 7.11 Å². The molecule has 0 radical (unpaired) electrons. The molecule has 0 aromatic carbocycles. The molecule has 2 heterocycles. The van der Waals surface area contributed by atoms with Crippen LogP contribution in [0.3, 0.4) is 0 Å². The first-order valence-electron chi connectivity index (χ1n) is 12.7. The second-order valence-electron chi connectivity index (χ2n) is 9.39. The molecule has 1 saturated carbocycles. The first kappa shape index (κ1) is 23.8. The zero-order valence-corrected chi connectivity index (χ0v) is 19.6.